The van der Waals surface area contributed by atoms with Crippen molar-refractivity contribution in [3.63, 3.8) is 0 Å². The molecule has 0 bridgehead atoms. The quantitative estimate of drug-likeness (QED) is 0.771. The molecule has 1 aromatic carbocycles. The van der Waals surface area contributed by atoms with Crippen molar-refractivity contribution in [2.75, 3.05) is 5.32 Å². The molecule has 0 aliphatic heterocycles. The summed E-state index contributed by atoms with van der Waals surface area (Å²) in [6.45, 7) is 0.614. The molecule has 6 nitrogen and oxygen atoms in total. The van der Waals surface area contributed by atoms with Crippen molar-refractivity contribution in [1.82, 2.24) is 14.8 Å². The Labute approximate surface area is 126 Å². The zero-order valence-corrected chi connectivity index (χ0v) is 11.7. The second-order valence-electron chi connectivity index (χ2n) is 4.75. The number of carbonyl (C=O) groups excluding carboxylic acids is 1. The predicted octanol–water partition coefficient (Wildman–Crippen LogP) is 1.87. The number of carbonyl (C=O) groups is 1. The molecule has 0 spiro atoms. The van der Waals surface area contributed by atoms with E-state index < -0.39 is 11.5 Å². The lowest BCUT2D eigenvalue weighted by atomic mass is 10.2. The van der Waals surface area contributed by atoms with Gasteiger partial charge in [-0.3, -0.25) is 14.3 Å². The van der Waals surface area contributed by atoms with E-state index in [1.807, 2.05) is 30.3 Å². The third-order valence-electron chi connectivity index (χ3n) is 3.13. The van der Waals surface area contributed by atoms with Crippen LogP contribution in [-0.2, 0) is 6.54 Å². The van der Waals surface area contributed by atoms with Crippen molar-refractivity contribution in [2.45, 2.75) is 6.54 Å². The topological polar surface area (TPSA) is 79.8 Å². The van der Waals surface area contributed by atoms with E-state index >= 15 is 0 Å². The van der Waals surface area contributed by atoms with Crippen molar-refractivity contribution in [3.05, 3.63) is 82.4 Å². The highest BCUT2D eigenvalue weighted by molar-refractivity contribution is 6.03. The number of benzene rings is 1. The zero-order chi connectivity index (χ0) is 15.4. The van der Waals surface area contributed by atoms with Crippen LogP contribution in [0.4, 0.5) is 5.82 Å². The van der Waals surface area contributed by atoms with Crippen molar-refractivity contribution >= 4 is 11.7 Å². The summed E-state index contributed by atoms with van der Waals surface area (Å²) in [6, 6.07) is 14.6. The van der Waals surface area contributed by atoms with Crippen LogP contribution in [0.5, 0.6) is 0 Å². The van der Waals surface area contributed by atoms with E-state index in [1.165, 1.54) is 12.3 Å². The third-order valence-corrected chi connectivity index (χ3v) is 3.13. The van der Waals surface area contributed by atoms with Gasteiger partial charge in [-0.2, -0.15) is 5.10 Å². The summed E-state index contributed by atoms with van der Waals surface area (Å²) >= 11 is 0. The highest BCUT2D eigenvalue weighted by Gasteiger charge is 2.11. The van der Waals surface area contributed by atoms with Crippen LogP contribution in [0, 0.1) is 0 Å². The summed E-state index contributed by atoms with van der Waals surface area (Å²) in [5, 5.41) is 6.89. The highest BCUT2D eigenvalue weighted by atomic mass is 16.2. The first kappa shape index (κ1) is 13.8. The van der Waals surface area contributed by atoms with Gasteiger partial charge >= 0.3 is 0 Å². The SMILES string of the molecule is O=C(Nc1ccn(Cc2ccccc2)n1)c1ccc[nH]c1=O. The van der Waals surface area contributed by atoms with E-state index in [4.69, 9.17) is 0 Å². The standard InChI is InChI=1S/C16H14N4O2/c21-15-13(7-4-9-17-15)16(22)18-14-8-10-20(19-14)11-12-5-2-1-3-6-12/h1-10H,11H2,(H,17,21)(H,18,19,22). The van der Waals surface area contributed by atoms with Crippen LogP contribution in [0.2, 0.25) is 0 Å². The molecule has 3 rings (SSSR count). The van der Waals surface area contributed by atoms with E-state index in [0.717, 1.165) is 5.56 Å². The fraction of sp³-hybridized carbons (Fsp3) is 0.0625. The second-order valence-corrected chi connectivity index (χ2v) is 4.75. The maximum atomic E-state index is 12.0. The first-order chi connectivity index (χ1) is 10.7. The van der Waals surface area contributed by atoms with Gasteiger partial charge in [0.1, 0.15) is 5.56 Å². The molecule has 2 aromatic heterocycles. The fourth-order valence-electron chi connectivity index (χ4n) is 2.07. The van der Waals surface area contributed by atoms with Gasteiger partial charge in [0, 0.05) is 18.5 Å². The Kier molecular flexibility index (Phi) is 3.82. The van der Waals surface area contributed by atoms with E-state index in [0.29, 0.717) is 12.4 Å². The first-order valence-corrected chi connectivity index (χ1v) is 6.79. The Morgan fingerprint density at radius 2 is 1.95 bits per heavy atom. The Morgan fingerprint density at radius 3 is 2.73 bits per heavy atom. The molecular weight excluding hydrogens is 280 g/mol. The number of nitrogens with one attached hydrogen (secondary N) is 2. The first-order valence-electron chi connectivity index (χ1n) is 6.79. The Hall–Kier alpha value is -3.15. The van der Waals surface area contributed by atoms with Gasteiger partial charge in [-0.25, -0.2) is 0 Å². The van der Waals surface area contributed by atoms with Gasteiger partial charge in [0.05, 0.1) is 6.54 Å². The number of rotatable bonds is 4. The molecule has 2 heterocycles. The normalized spacial score (nSPS) is 10.4. The second kappa shape index (κ2) is 6.09. The molecule has 22 heavy (non-hydrogen) atoms. The zero-order valence-electron chi connectivity index (χ0n) is 11.7. The molecule has 6 heteroatoms. The molecule has 0 fully saturated rings. The summed E-state index contributed by atoms with van der Waals surface area (Å²) in [6.07, 6.45) is 3.26. The minimum Gasteiger partial charge on any atom is -0.328 e. The van der Waals surface area contributed by atoms with Crippen LogP contribution < -0.4 is 10.9 Å². The molecule has 0 atom stereocenters. The molecule has 0 saturated carbocycles. The molecule has 1 amide bonds. The van der Waals surface area contributed by atoms with Crippen LogP contribution >= 0.6 is 0 Å². The number of H-pyrrole nitrogens is 1. The predicted molar refractivity (Wildman–Crippen MR) is 82.8 cm³/mol. The van der Waals surface area contributed by atoms with Crippen LogP contribution in [0.25, 0.3) is 0 Å². The number of aromatic nitrogens is 3. The van der Waals surface area contributed by atoms with Gasteiger partial charge < -0.3 is 10.3 Å². The highest BCUT2D eigenvalue weighted by Crippen LogP contribution is 2.07. The summed E-state index contributed by atoms with van der Waals surface area (Å²) in [4.78, 5) is 26.0. The average molecular weight is 294 g/mol. The molecular formula is C16H14N4O2. The van der Waals surface area contributed by atoms with Gasteiger partial charge in [-0.1, -0.05) is 30.3 Å². The van der Waals surface area contributed by atoms with E-state index in [1.54, 1.807) is 23.0 Å². The summed E-state index contributed by atoms with van der Waals surface area (Å²) in [5.41, 5.74) is 0.742. The van der Waals surface area contributed by atoms with Gasteiger partial charge in [-0.05, 0) is 17.7 Å². The lowest BCUT2D eigenvalue weighted by Gasteiger charge is -2.02. The van der Waals surface area contributed by atoms with Crippen molar-refractivity contribution < 1.29 is 4.79 Å². The van der Waals surface area contributed by atoms with Gasteiger partial charge in [0.25, 0.3) is 11.5 Å². The van der Waals surface area contributed by atoms with E-state index in [9.17, 15) is 9.59 Å². The fourth-order valence-corrected chi connectivity index (χ4v) is 2.07. The molecule has 110 valence electrons. The summed E-state index contributed by atoms with van der Waals surface area (Å²) < 4.78 is 1.72. The summed E-state index contributed by atoms with van der Waals surface area (Å²) in [5.74, 6) is -0.0732. The lowest BCUT2D eigenvalue weighted by Crippen LogP contribution is -2.22. The minimum absolute atomic E-state index is 0.0557. The van der Waals surface area contributed by atoms with E-state index in [-0.39, 0.29) is 5.56 Å². The van der Waals surface area contributed by atoms with E-state index in [2.05, 4.69) is 15.4 Å². The van der Waals surface area contributed by atoms with Gasteiger partial charge in [0.15, 0.2) is 5.82 Å². The molecule has 0 aliphatic carbocycles. The maximum absolute atomic E-state index is 12.0. The summed E-state index contributed by atoms with van der Waals surface area (Å²) in [7, 11) is 0. The smallest absolute Gasteiger partial charge is 0.262 e. The largest absolute Gasteiger partial charge is 0.328 e. The molecule has 0 saturated heterocycles. The third kappa shape index (κ3) is 3.12. The molecule has 3 aromatic rings. The molecule has 0 radical (unpaired) electrons. The number of aromatic amines is 1. The van der Waals surface area contributed by atoms with Crippen LogP contribution in [0.1, 0.15) is 15.9 Å². The molecule has 2 N–H and O–H groups in total. The molecule has 0 unspecified atom stereocenters. The van der Waals surface area contributed by atoms with Crippen molar-refractivity contribution in [3.8, 4) is 0 Å². The van der Waals surface area contributed by atoms with Gasteiger partial charge in [0.2, 0.25) is 0 Å². The maximum Gasteiger partial charge on any atom is 0.262 e. The number of pyridine rings is 1. The van der Waals surface area contributed by atoms with Crippen LogP contribution in [0.3, 0.4) is 0 Å². The van der Waals surface area contributed by atoms with Crippen LogP contribution in [-0.4, -0.2) is 20.7 Å². The van der Waals surface area contributed by atoms with Crippen LogP contribution in [0.15, 0.2) is 65.7 Å². The van der Waals surface area contributed by atoms with Gasteiger partial charge in [-0.15, -0.1) is 0 Å². The monoisotopic (exact) mass is 294 g/mol. The minimum atomic E-state index is -0.480. The number of amides is 1. The average Bonchev–Trinajstić information content (AvgIpc) is 2.95. The lowest BCUT2D eigenvalue weighted by molar-refractivity contribution is 0.102. The Morgan fingerprint density at radius 1 is 1.14 bits per heavy atom. The number of anilines is 1. The van der Waals surface area contributed by atoms with Crippen molar-refractivity contribution in [2.24, 2.45) is 0 Å². The number of nitrogens with zero attached hydrogens (tertiary/aromatic N) is 2. The Bertz CT molecular complexity index is 836. The molecule has 0 aliphatic rings. The Balaban J connectivity index is 1.71. The number of hydrogen-bond acceptors (Lipinski definition) is 3. The number of hydrogen-bond donors (Lipinski definition) is 2. The van der Waals surface area contributed by atoms with Crippen molar-refractivity contribution in [1.29, 1.82) is 0 Å².